The van der Waals surface area contributed by atoms with E-state index in [4.69, 9.17) is 4.74 Å². The van der Waals surface area contributed by atoms with E-state index < -0.39 is 46.5 Å². The number of ether oxygens (including phenoxy) is 1. The Balaban J connectivity index is 2.07. The summed E-state index contributed by atoms with van der Waals surface area (Å²) in [6.07, 6.45) is 0.193. The van der Waals surface area contributed by atoms with Crippen molar-refractivity contribution < 1.29 is 27.7 Å². The Morgan fingerprint density at radius 2 is 1.65 bits per heavy atom. The van der Waals surface area contributed by atoms with Gasteiger partial charge in [0.2, 0.25) is 11.8 Å². The third-order valence-electron chi connectivity index (χ3n) is 4.45. The van der Waals surface area contributed by atoms with Crippen molar-refractivity contribution in [2.24, 2.45) is 0 Å². The maximum atomic E-state index is 13.1. The van der Waals surface area contributed by atoms with Gasteiger partial charge in [-0.25, -0.2) is 9.18 Å². The predicted molar refractivity (Wildman–Crippen MR) is 114 cm³/mol. The van der Waals surface area contributed by atoms with Crippen molar-refractivity contribution in [3.05, 3.63) is 66.0 Å². The predicted octanol–water partition coefficient (Wildman–Crippen LogP) is 1.73. The number of nitrogens with one attached hydrogen (secondary N) is 2. The molecule has 166 valence electrons. The van der Waals surface area contributed by atoms with Crippen LogP contribution in [0, 0.1) is 5.82 Å². The van der Waals surface area contributed by atoms with Gasteiger partial charge >= 0.3 is 5.97 Å². The second-order valence-corrected chi connectivity index (χ2v) is 8.39. The first kappa shape index (κ1) is 24.2. The first-order valence-corrected chi connectivity index (χ1v) is 10.9. The lowest BCUT2D eigenvalue weighted by Gasteiger charge is -2.22. The van der Waals surface area contributed by atoms with E-state index in [2.05, 4.69) is 10.6 Å². The third kappa shape index (κ3) is 7.93. The van der Waals surface area contributed by atoms with E-state index in [-0.39, 0.29) is 18.6 Å². The molecule has 0 saturated heterocycles. The van der Waals surface area contributed by atoms with Crippen LogP contribution in [0.1, 0.15) is 18.9 Å². The zero-order valence-electron chi connectivity index (χ0n) is 17.3. The van der Waals surface area contributed by atoms with Crippen LogP contribution in [0.5, 0.6) is 0 Å². The molecule has 0 fully saturated rings. The minimum absolute atomic E-state index is 0.0866. The molecule has 2 N–H and O–H groups in total. The van der Waals surface area contributed by atoms with Gasteiger partial charge < -0.3 is 15.4 Å². The van der Waals surface area contributed by atoms with E-state index in [0.29, 0.717) is 10.5 Å². The lowest BCUT2D eigenvalue weighted by atomic mass is 10.0. The van der Waals surface area contributed by atoms with Crippen molar-refractivity contribution in [2.75, 3.05) is 12.9 Å². The Morgan fingerprint density at radius 1 is 1.00 bits per heavy atom. The number of carbonyl (C=O) groups is 3. The van der Waals surface area contributed by atoms with Crippen LogP contribution in [0.15, 0.2) is 59.5 Å². The quantitative estimate of drug-likeness (QED) is 0.539. The Morgan fingerprint density at radius 3 is 2.23 bits per heavy atom. The molecule has 0 aliphatic carbocycles. The van der Waals surface area contributed by atoms with E-state index in [1.54, 1.807) is 24.3 Å². The molecule has 0 spiro atoms. The lowest BCUT2D eigenvalue weighted by molar-refractivity contribution is -0.145. The van der Waals surface area contributed by atoms with Crippen molar-refractivity contribution in [3.8, 4) is 0 Å². The summed E-state index contributed by atoms with van der Waals surface area (Å²) in [6, 6.07) is 12.3. The summed E-state index contributed by atoms with van der Waals surface area (Å²) in [5.74, 6) is -1.99. The molecular weight excluding hydrogens is 423 g/mol. The zero-order valence-corrected chi connectivity index (χ0v) is 18.1. The number of benzene rings is 2. The first-order chi connectivity index (χ1) is 14.8. The first-order valence-electron chi connectivity index (χ1n) is 9.63. The van der Waals surface area contributed by atoms with Gasteiger partial charge in [-0.15, -0.1) is 0 Å². The molecule has 0 bridgehead atoms. The number of hydrogen-bond donors (Lipinski definition) is 2. The van der Waals surface area contributed by atoms with Crippen molar-refractivity contribution in [2.45, 2.75) is 36.7 Å². The lowest BCUT2D eigenvalue weighted by Crippen LogP contribution is -2.52. The minimum Gasteiger partial charge on any atom is -0.467 e. The summed E-state index contributed by atoms with van der Waals surface area (Å²) in [5, 5.41) is 5.11. The molecule has 9 heteroatoms. The molecule has 31 heavy (non-hydrogen) atoms. The summed E-state index contributed by atoms with van der Waals surface area (Å²) in [5.41, 5.74) is 0.634. The van der Waals surface area contributed by atoms with Crippen molar-refractivity contribution >= 4 is 28.6 Å². The third-order valence-corrected chi connectivity index (χ3v) is 5.85. The maximum absolute atomic E-state index is 13.1. The fourth-order valence-corrected chi connectivity index (χ4v) is 4.04. The molecule has 2 aromatic rings. The second kappa shape index (κ2) is 11.9. The van der Waals surface area contributed by atoms with Gasteiger partial charge in [0.25, 0.3) is 0 Å². The Bertz CT molecular complexity index is 921. The van der Waals surface area contributed by atoms with E-state index in [0.717, 1.165) is 0 Å². The largest absolute Gasteiger partial charge is 0.467 e. The van der Waals surface area contributed by atoms with Crippen LogP contribution in [0.2, 0.25) is 0 Å². The van der Waals surface area contributed by atoms with Crippen LogP contribution < -0.4 is 10.6 Å². The number of halogens is 1. The molecule has 2 aromatic carbocycles. The molecule has 0 aromatic heterocycles. The zero-order chi connectivity index (χ0) is 22.8. The van der Waals surface area contributed by atoms with Crippen LogP contribution in [-0.2, 0) is 36.3 Å². The number of rotatable bonds is 10. The molecule has 3 atom stereocenters. The molecule has 0 aliphatic rings. The van der Waals surface area contributed by atoms with Gasteiger partial charge in [-0.1, -0.05) is 30.3 Å². The van der Waals surface area contributed by atoms with Gasteiger partial charge in [-0.3, -0.25) is 13.8 Å². The molecule has 7 nitrogen and oxygen atoms in total. The average molecular weight is 449 g/mol. The molecule has 0 radical (unpaired) electrons. The molecular formula is C22H25FN2O5S. The van der Waals surface area contributed by atoms with E-state index in [1.807, 2.05) is 6.07 Å². The van der Waals surface area contributed by atoms with Gasteiger partial charge in [0.1, 0.15) is 17.9 Å². The second-order valence-electron chi connectivity index (χ2n) is 6.82. The molecule has 0 aliphatic heterocycles. The van der Waals surface area contributed by atoms with Crippen LogP contribution >= 0.6 is 0 Å². The van der Waals surface area contributed by atoms with Crippen LogP contribution in [0.25, 0.3) is 0 Å². The monoisotopic (exact) mass is 448 g/mol. The Kier molecular flexibility index (Phi) is 9.33. The fraction of sp³-hybridized carbons (Fsp3) is 0.318. The molecule has 2 rings (SSSR count). The standard InChI is InChI=1S/C22H25FN2O5S/c1-15(26)24-20(14-16-8-10-17(23)11-9-16)21(27)25-19(22(28)30-2)12-13-31(29)18-6-4-3-5-7-18/h3-11,19-20H,12-14H2,1-2H3,(H,24,26)(H,25,27)/t19-,20-,31+/m1/s1. The van der Waals surface area contributed by atoms with Gasteiger partial charge in [0, 0.05) is 24.0 Å². The summed E-state index contributed by atoms with van der Waals surface area (Å²) >= 11 is 0. The molecule has 0 heterocycles. The number of amides is 2. The highest BCUT2D eigenvalue weighted by Crippen LogP contribution is 2.10. The van der Waals surface area contributed by atoms with Crippen LogP contribution in [0.3, 0.4) is 0 Å². The van der Waals surface area contributed by atoms with Gasteiger partial charge in [-0.05, 0) is 36.2 Å². The normalized spacial score (nSPS) is 13.5. The number of carbonyl (C=O) groups excluding carboxylic acids is 3. The summed E-state index contributed by atoms with van der Waals surface area (Å²) in [7, 11) is -0.161. The SMILES string of the molecule is COC(=O)[C@@H](CC[S@](=O)c1ccccc1)NC(=O)[C@@H](Cc1ccc(F)cc1)NC(C)=O. The van der Waals surface area contributed by atoms with Gasteiger partial charge in [0.05, 0.1) is 17.9 Å². The van der Waals surface area contributed by atoms with Crippen molar-refractivity contribution in [1.82, 2.24) is 10.6 Å². The summed E-state index contributed by atoms with van der Waals surface area (Å²) in [6.45, 7) is 1.27. The topological polar surface area (TPSA) is 102 Å². The molecule has 0 saturated carbocycles. The average Bonchev–Trinajstić information content (AvgIpc) is 2.77. The smallest absolute Gasteiger partial charge is 0.328 e. The van der Waals surface area contributed by atoms with E-state index in [1.165, 1.54) is 38.3 Å². The highest BCUT2D eigenvalue weighted by Gasteiger charge is 2.27. The van der Waals surface area contributed by atoms with E-state index in [9.17, 15) is 23.0 Å². The Hall–Kier alpha value is -3.07. The number of hydrogen-bond acceptors (Lipinski definition) is 5. The van der Waals surface area contributed by atoms with Crippen LogP contribution in [-0.4, -0.2) is 46.9 Å². The minimum atomic E-state index is -1.36. The van der Waals surface area contributed by atoms with Crippen LogP contribution in [0.4, 0.5) is 4.39 Å². The number of methoxy groups -OCH3 is 1. The highest BCUT2D eigenvalue weighted by molar-refractivity contribution is 7.85. The summed E-state index contributed by atoms with van der Waals surface area (Å²) < 4.78 is 30.4. The maximum Gasteiger partial charge on any atom is 0.328 e. The molecule has 2 amide bonds. The van der Waals surface area contributed by atoms with Crippen molar-refractivity contribution in [3.63, 3.8) is 0 Å². The molecule has 0 unspecified atom stereocenters. The van der Waals surface area contributed by atoms with Crippen molar-refractivity contribution in [1.29, 1.82) is 0 Å². The fourth-order valence-electron chi connectivity index (χ4n) is 2.89. The van der Waals surface area contributed by atoms with Gasteiger partial charge in [-0.2, -0.15) is 0 Å². The summed E-state index contributed by atoms with van der Waals surface area (Å²) in [4.78, 5) is 37.2. The number of esters is 1. The highest BCUT2D eigenvalue weighted by atomic mass is 32.2. The van der Waals surface area contributed by atoms with E-state index >= 15 is 0 Å². The Labute approximate surface area is 182 Å². The van der Waals surface area contributed by atoms with Gasteiger partial charge in [0.15, 0.2) is 0 Å².